The van der Waals surface area contributed by atoms with Crippen molar-refractivity contribution in [3.05, 3.63) is 35.2 Å². The molecule has 4 rings (SSSR count). The number of piperazine rings is 1. The molecule has 166 valence electrons. The molecule has 2 aromatic heterocycles. The van der Waals surface area contributed by atoms with Gasteiger partial charge >= 0.3 is 6.03 Å². The van der Waals surface area contributed by atoms with Crippen molar-refractivity contribution in [1.29, 1.82) is 0 Å². The van der Waals surface area contributed by atoms with Crippen LogP contribution in [0.5, 0.6) is 0 Å². The van der Waals surface area contributed by atoms with Gasteiger partial charge < -0.3 is 19.5 Å². The van der Waals surface area contributed by atoms with E-state index in [2.05, 4.69) is 15.6 Å². The summed E-state index contributed by atoms with van der Waals surface area (Å²) in [7, 11) is 0. The number of urea groups is 1. The first-order valence-corrected chi connectivity index (χ1v) is 11.6. The normalized spacial score (nSPS) is 17.4. The Hall–Kier alpha value is -2.88. The van der Waals surface area contributed by atoms with E-state index in [1.807, 2.05) is 0 Å². The first-order valence-electron chi connectivity index (χ1n) is 10.7. The van der Waals surface area contributed by atoms with Crippen LogP contribution in [-0.4, -0.2) is 64.9 Å². The molecule has 10 heteroatoms. The van der Waals surface area contributed by atoms with E-state index >= 15 is 0 Å². The summed E-state index contributed by atoms with van der Waals surface area (Å²) in [5, 5.41) is 8.06. The summed E-state index contributed by atoms with van der Waals surface area (Å²) in [4.78, 5) is 44.9. The van der Waals surface area contributed by atoms with Crippen LogP contribution in [0.2, 0.25) is 0 Å². The van der Waals surface area contributed by atoms with Gasteiger partial charge in [0.05, 0.1) is 18.4 Å². The second-order valence-corrected chi connectivity index (χ2v) is 8.76. The lowest BCUT2D eigenvalue weighted by atomic mass is 9.96. The topological polar surface area (TPSA) is 108 Å². The van der Waals surface area contributed by atoms with E-state index in [9.17, 15) is 14.4 Å². The van der Waals surface area contributed by atoms with Gasteiger partial charge in [-0.1, -0.05) is 19.3 Å². The van der Waals surface area contributed by atoms with Gasteiger partial charge in [0.25, 0.3) is 5.91 Å². The minimum Gasteiger partial charge on any atom is -0.459 e. The van der Waals surface area contributed by atoms with Gasteiger partial charge in [-0.3, -0.25) is 14.9 Å². The average molecular weight is 446 g/mol. The number of thiazole rings is 1. The highest BCUT2D eigenvalue weighted by atomic mass is 32.1. The minimum absolute atomic E-state index is 0.0337. The van der Waals surface area contributed by atoms with E-state index < -0.39 is 0 Å². The van der Waals surface area contributed by atoms with E-state index in [1.54, 1.807) is 27.3 Å². The number of nitrogens with zero attached hydrogens (tertiary/aromatic N) is 3. The lowest BCUT2D eigenvalue weighted by Crippen LogP contribution is -2.50. The Morgan fingerprint density at radius 1 is 1.10 bits per heavy atom. The zero-order valence-electron chi connectivity index (χ0n) is 17.3. The summed E-state index contributed by atoms with van der Waals surface area (Å²) in [6, 6.07) is 3.32. The van der Waals surface area contributed by atoms with Crippen LogP contribution in [0.15, 0.2) is 28.2 Å². The number of hydrogen-bond acceptors (Lipinski definition) is 6. The summed E-state index contributed by atoms with van der Waals surface area (Å²) in [6.07, 6.45) is 7.23. The second kappa shape index (κ2) is 9.95. The molecule has 1 saturated heterocycles. The van der Waals surface area contributed by atoms with Gasteiger partial charge in [0.1, 0.15) is 0 Å². The second-order valence-electron chi connectivity index (χ2n) is 7.90. The van der Waals surface area contributed by atoms with Crippen LogP contribution in [0.3, 0.4) is 0 Å². The third kappa shape index (κ3) is 5.63. The number of hydrogen-bond donors (Lipinski definition) is 2. The Morgan fingerprint density at radius 3 is 2.55 bits per heavy atom. The Balaban J connectivity index is 1.22. The Kier molecular flexibility index (Phi) is 6.86. The zero-order chi connectivity index (χ0) is 21.6. The van der Waals surface area contributed by atoms with E-state index in [0.717, 1.165) is 25.7 Å². The van der Waals surface area contributed by atoms with Gasteiger partial charge in [-0.05, 0) is 25.0 Å². The summed E-state index contributed by atoms with van der Waals surface area (Å²) in [5.41, 5.74) is 0.636. The number of amides is 4. The maximum atomic E-state index is 12.6. The zero-order valence-corrected chi connectivity index (χ0v) is 18.2. The fourth-order valence-corrected chi connectivity index (χ4v) is 4.70. The molecule has 2 aliphatic rings. The number of carbonyl (C=O) groups excluding carboxylic acids is 3. The molecular formula is C21H27N5O4S. The van der Waals surface area contributed by atoms with Crippen molar-refractivity contribution in [1.82, 2.24) is 20.1 Å². The molecular weight excluding hydrogens is 418 g/mol. The van der Waals surface area contributed by atoms with Crippen molar-refractivity contribution in [2.24, 2.45) is 0 Å². The predicted molar refractivity (Wildman–Crippen MR) is 116 cm³/mol. The van der Waals surface area contributed by atoms with Crippen molar-refractivity contribution < 1.29 is 18.8 Å². The monoisotopic (exact) mass is 445 g/mol. The first kappa shape index (κ1) is 21.4. The van der Waals surface area contributed by atoms with Crippen molar-refractivity contribution in [2.75, 3.05) is 31.5 Å². The molecule has 0 radical (unpaired) electrons. The third-order valence-corrected chi connectivity index (χ3v) is 6.50. The minimum atomic E-state index is -0.239. The van der Waals surface area contributed by atoms with E-state index in [1.165, 1.54) is 24.0 Å². The van der Waals surface area contributed by atoms with Crippen LogP contribution in [0.1, 0.15) is 48.4 Å². The lowest BCUT2D eigenvalue weighted by Gasteiger charge is -2.34. The van der Waals surface area contributed by atoms with Crippen LogP contribution >= 0.6 is 11.3 Å². The fraction of sp³-hybridized carbons (Fsp3) is 0.524. The molecule has 0 aromatic carbocycles. The number of rotatable bonds is 5. The summed E-state index contributed by atoms with van der Waals surface area (Å²) < 4.78 is 5.16. The quantitative estimate of drug-likeness (QED) is 0.736. The van der Waals surface area contributed by atoms with Gasteiger partial charge in [-0.15, -0.1) is 11.3 Å². The summed E-state index contributed by atoms with van der Waals surface area (Å²) in [5.74, 6) is 0.127. The van der Waals surface area contributed by atoms with Gasteiger partial charge in [-0.25, -0.2) is 9.78 Å². The molecule has 31 heavy (non-hydrogen) atoms. The molecule has 4 amide bonds. The smallest absolute Gasteiger partial charge is 0.321 e. The standard InChI is InChI=1S/C21H27N5O4S/c27-18(25-8-10-26(11-9-25)19(28)17-7-4-12-30-17)13-16-14-31-21(23-16)24-20(29)22-15-5-2-1-3-6-15/h4,7,12,14-15H,1-3,5-6,8-11,13H2,(H2,22,23,24,29). The summed E-state index contributed by atoms with van der Waals surface area (Å²) >= 11 is 1.31. The number of aromatic nitrogens is 1. The number of carbonyl (C=O) groups is 3. The molecule has 0 unspecified atom stereocenters. The lowest BCUT2D eigenvalue weighted by molar-refractivity contribution is -0.132. The highest BCUT2D eigenvalue weighted by molar-refractivity contribution is 7.13. The Bertz CT molecular complexity index is 899. The Morgan fingerprint density at radius 2 is 1.84 bits per heavy atom. The Labute approximate surface area is 184 Å². The van der Waals surface area contributed by atoms with E-state index in [0.29, 0.717) is 42.8 Å². The molecule has 9 nitrogen and oxygen atoms in total. The fourth-order valence-electron chi connectivity index (χ4n) is 3.99. The maximum absolute atomic E-state index is 12.6. The SMILES string of the molecule is O=C(Nc1nc(CC(=O)N2CCN(C(=O)c3ccco3)CC2)cs1)NC1CCCCC1. The number of furan rings is 1. The predicted octanol–water partition coefficient (Wildman–Crippen LogP) is 2.72. The molecule has 0 atom stereocenters. The summed E-state index contributed by atoms with van der Waals surface area (Å²) in [6.45, 7) is 1.89. The van der Waals surface area contributed by atoms with Crippen LogP contribution in [0.4, 0.5) is 9.93 Å². The maximum Gasteiger partial charge on any atom is 0.321 e. The van der Waals surface area contributed by atoms with Crippen LogP contribution in [0, 0.1) is 0 Å². The van der Waals surface area contributed by atoms with Crippen molar-refractivity contribution in [2.45, 2.75) is 44.6 Å². The van der Waals surface area contributed by atoms with E-state index in [-0.39, 0.29) is 30.3 Å². The highest BCUT2D eigenvalue weighted by Gasteiger charge is 2.26. The van der Waals surface area contributed by atoms with E-state index in [4.69, 9.17) is 4.42 Å². The van der Waals surface area contributed by atoms with Gasteiger partial charge in [0, 0.05) is 37.6 Å². The van der Waals surface area contributed by atoms with Crippen molar-refractivity contribution in [3.8, 4) is 0 Å². The van der Waals surface area contributed by atoms with Crippen LogP contribution in [0.25, 0.3) is 0 Å². The van der Waals surface area contributed by atoms with Crippen molar-refractivity contribution >= 4 is 34.3 Å². The van der Waals surface area contributed by atoms with Gasteiger partial charge in [-0.2, -0.15) is 0 Å². The molecule has 1 aliphatic carbocycles. The third-order valence-electron chi connectivity index (χ3n) is 5.70. The average Bonchev–Trinajstić information content (AvgIpc) is 3.46. The highest BCUT2D eigenvalue weighted by Crippen LogP contribution is 2.19. The molecule has 1 aliphatic heterocycles. The number of nitrogens with one attached hydrogen (secondary N) is 2. The molecule has 3 heterocycles. The van der Waals surface area contributed by atoms with Gasteiger partial charge in [0.2, 0.25) is 5.91 Å². The largest absolute Gasteiger partial charge is 0.459 e. The van der Waals surface area contributed by atoms with Gasteiger partial charge in [0.15, 0.2) is 10.9 Å². The first-order chi connectivity index (χ1) is 15.1. The molecule has 2 fully saturated rings. The number of anilines is 1. The van der Waals surface area contributed by atoms with Crippen LogP contribution in [-0.2, 0) is 11.2 Å². The molecule has 2 aromatic rings. The molecule has 1 saturated carbocycles. The van der Waals surface area contributed by atoms with Crippen molar-refractivity contribution in [3.63, 3.8) is 0 Å². The van der Waals surface area contributed by atoms with Crippen LogP contribution < -0.4 is 10.6 Å². The molecule has 2 N–H and O–H groups in total. The molecule has 0 spiro atoms. The molecule has 0 bridgehead atoms.